The van der Waals surface area contributed by atoms with E-state index in [2.05, 4.69) is 25.5 Å². The second-order valence-electron chi connectivity index (χ2n) is 6.55. The van der Waals surface area contributed by atoms with Crippen molar-refractivity contribution in [2.45, 2.75) is 12.8 Å². The number of carbonyl (C=O) groups is 2. The lowest BCUT2D eigenvalue weighted by molar-refractivity contribution is -0.137. The van der Waals surface area contributed by atoms with E-state index in [9.17, 15) is 9.59 Å². The number of hydrogen-bond acceptors (Lipinski definition) is 6. The lowest BCUT2D eigenvalue weighted by Crippen LogP contribution is -2.52. The van der Waals surface area contributed by atoms with E-state index in [1.165, 1.54) is 0 Å². The SMILES string of the molecule is O=C1CCC(C(=O)N2CCN(c3ccc(-n4cccn4)nn3)CC2)CN1. The lowest BCUT2D eigenvalue weighted by atomic mass is 9.97. The average molecular weight is 355 g/mol. The zero-order valence-electron chi connectivity index (χ0n) is 14.4. The third-order valence-electron chi connectivity index (χ3n) is 4.91. The number of piperidine rings is 1. The second-order valence-corrected chi connectivity index (χ2v) is 6.55. The summed E-state index contributed by atoms with van der Waals surface area (Å²) in [6, 6.07) is 5.65. The summed E-state index contributed by atoms with van der Waals surface area (Å²) >= 11 is 0. The Hall–Kier alpha value is -2.97. The Morgan fingerprint density at radius 1 is 1.12 bits per heavy atom. The Morgan fingerprint density at radius 3 is 2.50 bits per heavy atom. The summed E-state index contributed by atoms with van der Waals surface area (Å²) in [6.07, 6.45) is 4.60. The number of anilines is 1. The van der Waals surface area contributed by atoms with Crippen molar-refractivity contribution in [3.05, 3.63) is 30.6 Å². The highest BCUT2D eigenvalue weighted by atomic mass is 16.2. The fraction of sp³-hybridized carbons (Fsp3) is 0.471. The number of amides is 2. The molecule has 2 aliphatic rings. The second kappa shape index (κ2) is 7.11. The van der Waals surface area contributed by atoms with Crippen LogP contribution in [-0.4, -0.2) is 69.4 Å². The summed E-state index contributed by atoms with van der Waals surface area (Å²) in [5.74, 6) is 1.57. The van der Waals surface area contributed by atoms with Crippen LogP contribution < -0.4 is 10.2 Å². The fourth-order valence-electron chi connectivity index (χ4n) is 3.37. The highest BCUT2D eigenvalue weighted by molar-refractivity contribution is 5.84. The van der Waals surface area contributed by atoms with E-state index in [0.717, 1.165) is 18.9 Å². The maximum atomic E-state index is 12.6. The minimum Gasteiger partial charge on any atom is -0.355 e. The number of nitrogens with one attached hydrogen (secondary N) is 1. The number of carbonyl (C=O) groups excluding carboxylic acids is 2. The van der Waals surface area contributed by atoms with E-state index < -0.39 is 0 Å². The van der Waals surface area contributed by atoms with E-state index >= 15 is 0 Å². The average Bonchev–Trinajstić information content (AvgIpc) is 3.23. The van der Waals surface area contributed by atoms with Crippen LogP contribution in [0.2, 0.25) is 0 Å². The van der Waals surface area contributed by atoms with Crippen molar-refractivity contribution >= 4 is 17.6 Å². The van der Waals surface area contributed by atoms with Crippen molar-refractivity contribution in [2.24, 2.45) is 5.92 Å². The molecule has 2 aromatic heterocycles. The topological polar surface area (TPSA) is 96.3 Å². The molecule has 4 rings (SSSR count). The van der Waals surface area contributed by atoms with E-state index in [0.29, 0.717) is 38.3 Å². The van der Waals surface area contributed by atoms with Crippen LogP contribution in [-0.2, 0) is 9.59 Å². The monoisotopic (exact) mass is 355 g/mol. The predicted molar refractivity (Wildman–Crippen MR) is 93.7 cm³/mol. The molecular weight excluding hydrogens is 334 g/mol. The van der Waals surface area contributed by atoms with Crippen molar-refractivity contribution < 1.29 is 9.59 Å². The van der Waals surface area contributed by atoms with Crippen molar-refractivity contribution in [1.29, 1.82) is 0 Å². The van der Waals surface area contributed by atoms with E-state index in [4.69, 9.17) is 0 Å². The molecule has 0 spiro atoms. The van der Waals surface area contributed by atoms with Crippen LogP contribution >= 0.6 is 0 Å². The first-order chi connectivity index (χ1) is 12.7. The molecule has 2 aromatic rings. The Kier molecular flexibility index (Phi) is 4.51. The van der Waals surface area contributed by atoms with Crippen molar-refractivity contribution in [3.8, 4) is 5.82 Å². The van der Waals surface area contributed by atoms with Gasteiger partial charge in [-0.1, -0.05) is 0 Å². The third kappa shape index (κ3) is 3.37. The normalized spacial score (nSPS) is 20.8. The van der Waals surface area contributed by atoms with Crippen LogP contribution in [0.1, 0.15) is 12.8 Å². The van der Waals surface area contributed by atoms with Gasteiger partial charge in [-0.25, -0.2) is 4.68 Å². The van der Waals surface area contributed by atoms with E-state index in [1.54, 1.807) is 10.9 Å². The predicted octanol–water partition coefficient (Wildman–Crippen LogP) is -0.163. The largest absolute Gasteiger partial charge is 0.355 e. The highest BCUT2D eigenvalue weighted by Gasteiger charge is 2.30. The van der Waals surface area contributed by atoms with Gasteiger partial charge in [-0.05, 0) is 24.6 Å². The highest BCUT2D eigenvalue weighted by Crippen LogP contribution is 2.18. The number of nitrogens with zero attached hydrogens (tertiary/aromatic N) is 6. The first-order valence-corrected chi connectivity index (χ1v) is 8.85. The molecule has 136 valence electrons. The van der Waals surface area contributed by atoms with Crippen molar-refractivity contribution in [3.63, 3.8) is 0 Å². The first kappa shape index (κ1) is 16.5. The van der Waals surface area contributed by atoms with Crippen molar-refractivity contribution in [2.75, 3.05) is 37.6 Å². The molecule has 4 heterocycles. The molecule has 26 heavy (non-hydrogen) atoms. The number of hydrogen-bond donors (Lipinski definition) is 1. The minimum absolute atomic E-state index is 0.0380. The van der Waals surface area contributed by atoms with Gasteiger partial charge in [0.05, 0.1) is 5.92 Å². The van der Waals surface area contributed by atoms with Gasteiger partial charge in [-0.15, -0.1) is 10.2 Å². The van der Waals surface area contributed by atoms with Crippen LogP contribution in [0.4, 0.5) is 5.82 Å². The number of piperazine rings is 1. The molecule has 9 nitrogen and oxygen atoms in total. The molecular formula is C17H21N7O2. The molecule has 2 saturated heterocycles. The van der Waals surface area contributed by atoms with Gasteiger partial charge in [0.25, 0.3) is 0 Å². The molecule has 2 aliphatic heterocycles. The van der Waals surface area contributed by atoms with Crippen LogP contribution in [0.15, 0.2) is 30.6 Å². The Labute approximate surface area is 151 Å². The summed E-state index contributed by atoms with van der Waals surface area (Å²) < 4.78 is 1.66. The van der Waals surface area contributed by atoms with Gasteiger partial charge in [0.1, 0.15) is 0 Å². The lowest BCUT2D eigenvalue weighted by Gasteiger charge is -2.37. The van der Waals surface area contributed by atoms with Gasteiger partial charge < -0.3 is 15.1 Å². The van der Waals surface area contributed by atoms with Gasteiger partial charge in [0, 0.05) is 51.5 Å². The zero-order valence-corrected chi connectivity index (χ0v) is 14.4. The molecule has 0 aromatic carbocycles. The summed E-state index contributed by atoms with van der Waals surface area (Å²) in [5, 5.41) is 15.4. The molecule has 0 aliphatic carbocycles. The van der Waals surface area contributed by atoms with Gasteiger partial charge in [0.15, 0.2) is 11.6 Å². The van der Waals surface area contributed by atoms with Gasteiger partial charge in [0.2, 0.25) is 11.8 Å². The van der Waals surface area contributed by atoms with E-state index in [-0.39, 0.29) is 17.7 Å². The maximum absolute atomic E-state index is 12.6. The van der Waals surface area contributed by atoms with Crippen molar-refractivity contribution in [1.82, 2.24) is 30.2 Å². The Bertz CT molecular complexity index is 757. The summed E-state index contributed by atoms with van der Waals surface area (Å²) in [4.78, 5) is 27.9. The quantitative estimate of drug-likeness (QED) is 0.822. The molecule has 0 bridgehead atoms. The molecule has 9 heteroatoms. The number of rotatable bonds is 3. The van der Waals surface area contributed by atoms with Gasteiger partial charge >= 0.3 is 0 Å². The summed E-state index contributed by atoms with van der Waals surface area (Å²) in [7, 11) is 0. The molecule has 1 unspecified atom stereocenters. The first-order valence-electron chi connectivity index (χ1n) is 8.85. The molecule has 1 atom stereocenters. The zero-order chi connectivity index (χ0) is 17.9. The molecule has 0 radical (unpaired) electrons. The van der Waals surface area contributed by atoms with Crippen LogP contribution in [0.3, 0.4) is 0 Å². The van der Waals surface area contributed by atoms with Crippen LogP contribution in [0.5, 0.6) is 0 Å². The maximum Gasteiger partial charge on any atom is 0.227 e. The molecule has 0 saturated carbocycles. The summed E-state index contributed by atoms with van der Waals surface area (Å²) in [6.45, 7) is 3.22. The number of aromatic nitrogens is 4. The molecule has 2 fully saturated rings. The van der Waals surface area contributed by atoms with E-state index in [1.807, 2.05) is 29.3 Å². The van der Waals surface area contributed by atoms with Gasteiger partial charge in [-0.3, -0.25) is 9.59 Å². The third-order valence-corrected chi connectivity index (χ3v) is 4.91. The molecule has 1 N–H and O–H groups in total. The van der Waals surface area contributed by atoms with Gasteiger partial charge in [-0.2, -0.15) is 5.10 Å². The van der Waals surface area contributed by atoms with Crippen LogP contribution in [0.25, 0.3) is 5.82 Å². The Morgan fingerprint density at radius 2 is 1.88 bits per heavy atom. The fourth-order valence-corrected chi connectivity index (χ4v) is 3.37. The Balaban J connectivity index is 1.33. The smallest absolute Gasteiger partial charge is 0.227 e. The standard InChI is InChI=1S/C17H21N7O2/c25-16-5-2-13(12-18-16)17(26)23-10-8-22(9-11-23)14-3-4-15(21-20-14)24-7-1-6-19-24/h1,3-4,6-7,13H,2,5,8-12H2,(H,18,25). The molecule has 2 amide bonds. The summed E-state index contributed by atoms with van der Waals surface area (Å²) in [5.41, 5.74) is 0. The minimum atomic E-state index is -0.0904. The van der Waals surface area contributed by atoms with Crippen LogP contribution in [0, 0.1) is 5.92 Å².